The molecule has 0 N–H and O–H groups in total. The molecule has 0 unspecified atom stereocenters. The average Bonchev–Trinajstić information content (AvgIpc) is 2.70. The monoisotopic (exact) mass is 360 g/mol. The zero-order valence-electron chi connectivity index (χ0n) is 13.8. The molecule has 0 aromatic heterocycles. The van der Waals surface area contributed by atoms with Crippen LogP contribution in [0.5, 0.6) is 0 Å². The van der Waals surface area contributed by atoms with Gasteiger partial charge < -0.3 is 9.80 Å². The van der Waals surface area contributed by atoms with Gasteiger partial charge in [-0.25, -0.2) is 0 Å². The van der Waals surface area contributed by atoms with Crippen LogP contribution in [-0.4, -0.2) is 38.0 Å². The fourth-order valence-electron chi connectivity index (χ4n) is 2.50. The van der Waals surface area contributed by atoms with Gasteiger partial charge >= 0.3 is 0 Å². The van der Waals surface area contributed by atoms with Crippen molar-refractivity contribution in [2.45, 2.75) is 4.90 Å². The molecule has 1 aliphatic heterocycles. The van der Waals surface area contributed by atoms with Gasteiger partial charge in [0.05, 0.1) is 5.69 Å². The Bertz CT molecular complexity index is 731. The van der Waals surface area contributed by atoms with E-state index in [0.717, 1.165) is 27.6 Å². The summed E-state index contributed by atoms with van der Waals surface area (Å²) < 4.78 is 0. The van der Waals surface area contributed by atoms with E-state index in [9.17, 15) is 4.79 Å². The second-order valence-corrected chi connectivity index (χ2v) is 6.82. The molecular weight excluding hydrogens is 340 g/mol. The Morgan fingerprint density at radius 2 is 1.67 bits per heavy atom. The summed E-state index contributed by atoms with van der Waals surface area (Å²) in [5, 5.41) is 0. The van der Waals surface area contributed by atoms with Gasteiger partial charge in [-0.1, -0.05) is 54.2 Å². The van der Waals surface area contributed by atoms with Gasteiger partial charge in [-0.3, -0.25) is 4.79 Å². The minimum atomic E-state index is 0. The summed E-state index contributed by atoms with van der Waals surface area (Å²) in [4.78, 5) is 18.9. The van der Waals surface area contributed by atoms with Crippen molar-refractivity contribution in [1.29, 1.82) is 0 Å². The number of anilines is 1. The summed E-state index contributed by atoms with van der Waals surface area (Å²) in [5.41, 5.74) is 2.07. The van der Waals surface area contributed by atoms with Gasteiger partial charge in [-0.2, -0.15) is 0 Å². The number of para-hydroxylation sites is 1. The van der Waals surface area contributed by atoms with Gasteiger partial charge in [0.1, 0.15) is 0 Å². The van der Waals surface area contributed by atoms with Gasteiger partial charge in [0.2, 0.25) is 0 Å². The third-order valence-corrected chi connectivity index (χ3v) is 4.86. The average molecular weight is 361 g/mol. The Morgan fingerprint density at radius 1 is 1.00 bits per heavy atom. The maximum Gasteiger partial charge on any atom is 0.252 e. The van der Waals surface area contributed by atoms with Crippen molar-refractivity contribution in [3.8, 4) is 0 Å². The minimum absolute atomic E-state index is 0. The Kier molecular flexibility index (Phi) is 6.49. The van der Waals surface area contributed by atoms with Gasteiger partial charge in [-0.05, 0) is 31.8 Å². The Balaban J connectivity index is 0.00000208. The van der Waals surface area contributed by atoms with Crippen molar-refractivity contribution < 1.29 is 4.79 Å². The van der Waals surface area contributed by atoms with Gasteiger partial charge in [0, 0.05) is 29.0 Å². The Labute approximate surface area is 153 Å². The molecule has 1 amide bonds. The van der Waals surface area contributed by atoms with Gasteiger partial charge in [-0.15, -0.1) is 12.4 Å². The molecule has 126 valence electrons. The van der Waals surface area contributed by atoms with Crippen LogP contribution in [0.4, 0.5) is 5.69 Å². The fourth-order valence-corrected chi connectivity index (χ4v) is 3.58. The first-order chi connectivity index (χ1) is 11.1. The van der Waals surface area contributed by atoms with Crippen molar-refractivity contribution in [3.05, 3.63) is 66.2 Å². The second kappa shape index (κ2) is 8.38. The van der Waals surface area contributed by atoms with E-state index in [1.54, 1.807) is 17.8 Å². The van der Waals surface area contributed by atoms with E-state index < -0.39 is 0 Å². The van der Waals surface area contributed by atoms with Crippen LogP contribution in [0.25, 0.3) is 4.91 Å². The van der Waals surface area contributed by atoms with E-state index in [-0.39, 0.29) is 18.3 Å². The first kappa shape index (κ1) is 18.6. The van der Waals surface area contributed by atoms with Crippen LogP contribution in [0.3, 0.4) is 0 Å². The molecule has 0 spiro atoms. The smallest absolute Gasteiger partial charge is 0.252 e. The number of hydrogen-bond acceptors (Lipinski definition) is 3. The van der Waals surface area contributed by atoms with Crippen molar-refractivity contribution in [3.63, 3.8) is 0 Å². The third-order valence-electron chi connectivity index (χ3n) is 3.73. The Hall–Kier alpha value is -1.75. The maximum absolute atomic E-state index is 12.8. The fraction of sp³-hybridized carbons (Fsp3) is 0.211. The molecule has 1 aliphatic rings. The van der Waals surface area contributed by atoms with Crippen molar-refractivity contribution in [2.24, 2.45) is 0 Å². The summed E-state index contributed by atoms with van der Waals surface area (Å²) in [6.07, 6.45) is 1.76. The second-order valence-electron chi connectivity index (χ2n) is 5.74. The lowest BCUT2D eigenvalue weighted by molar-refractivity contribution is -0.114. The van der Waals surface area contributed by atoms with Crippen LogP contribution in [-0.2, 0) is 4.79 Å². The number of carbonyl (C=O) groups excluding carboxylic acids is 1. The van der Waals surface area contributed by atoms with Crippen LogP contribution >= 0.6 is 24.2 Å². The molecule has 3 nitrogen and oxygen atoms in total. The van der Waals surface area contributed by atoms with Crippen molar-refractivity contribution in [2.75, 3.05) is 32.1 Å². The van der Waals surface area contributed by atoms with E-state index in [1.165, 1.54) is 0 Å². The van der Waals surface area contributed by atoms with E-state index >= 15 is 0 Å². The largest absolute Gasteiger partial charge is 0.308 e. The molecule has 0 fully saturated rings. The third kappa shape index (κ3) is 4.20. The van der Waals surface area contributed by atoms with Crippen LogP contribution in [0.2, 0.25) is 0 Å². The predicted molar refractivity (Wildman–Crippen MR) is 105 cm³/mol. The van der Waals surface area contributed by atoms with E-state index in [0.29, 0.717) is 6.54 Å². The number of thioether (sulfide) groups is 1. The van der Waals surface area contributed by atoms with Crippen LogP contribution < -0.4 is 4.90 Å². The highest BCUT2D eigenvalue weighted by Crippen LogP contribution is 2.42. The Morgan fingerprint density at radius 3 is 2.38 bits per heavy atom. The van der Waals surface area contributed by atoms with Gasteiger partial charge in [0.25, 0.3) is 5.91 Å². The lowest BCUT2D eigenvalue weighted by Gasteiger charge is -2.23. The van der Waals surface area contributed by atoms with E-state index in [4.69, 9.17) is 0 Å². The van der Waals surface area contributed by atoms with Crippen LogP contribution in [0, 0.1) is 0 Å². The molecular formula is C19H21ClN2OS. The summed E-state index contributed by atoms with van der Waals surface area (Å²) in [5.74, 6) is 0.0446. The first-order valence-corrected chi connectivity index (χ1v) is 8.47. The SMILES string of the molecule is CN(C)CCN1C(=O)C=C(c2ccccc2)Sc2ccccc21.Cl. The van der Waals surface area contributed by atoms with Crippen LogP contribution in [0.15, 0.2) is 65.6 Å². The lowest BCUT2D eigenvalue weighted by Crippen LogP contribution is -2.35. The standard InChI is InChI=1S/C19H20N2OS.ClH/c1-20(2)12-13-21-16-10-6-7-11-17(16)23-18(14-19(21)22)15-8-4-3-5-9-15;/h3-11,14H,12-13H2,1-2H3;1H. The molecule has 3 rings (SSSR count). The highest BCUT2D eigenvalue weighted by atomic mass is 35.5. The summed E-state index contributed by atoms with van der Waals surface area (Å²) in [6, 6.07) is 18.2. The zero-order chi connectivity index (χ0) is 16.2. The molecule has 5 heteroatoms. The van der Waals surface area contributed by atoms with Crippen molar-refractivity contribution >= 4 is 40.7 Å². The summed E-state index contributed by atoms with van der Waals surface area (Å²) in [6.45, 7) is 1.52. The van der Waals surface area contributed by atoms with Crippen molar-refractivity contribution in [1.82, 2.24) is 4.90 Å². The highest BCUT2D eigenvalue weighted by Gasteiger charge is 2.23. The lowest BCUT2D eigenvalue weighted by atomic mass is 10.2. The molecule has 2 aromatic rings. The molecule has 1 heterocycles. The first-order valence-electron chi connectivity index (χ1n) is 7.65. The molecule has 0 saturated carbocycles. The quantitative estimate of drug-likeness (QED) is 0.818. The summed E-state index contributed by atoms with van der Waals surface area (Å²) in [7, 11) is 4.04. The zero-order valence-corrected chi connectivity index (χ0v) is 15.4. The molecule has 0 aliphatic carbocycles. The molecule has 0 radical (unpaired) electrons. The van der Waals surface area contributed by atoms with E-state index in [2.05, 4.69) is 11.0 Å². The predicted octanol–water partition coefficient (Wildman–Crippen LogP) is 4.15. The number of benzene rings is 2. The van der Waals surface area contributed by atoms with E-state index in [1.807, 2.05) is 67.5 Å². The number of amides is 1. The molecule has 24 heavy (non-hydrogen) atoms. The number of hydrogen-bond donors (Lipinski definition) is 0. The molecule has 0 bridgehead atoms. The minimum Gasteiger partial charge on any atom is -0.308 e. The molecule has 0 atom stereocenters. The number of fused-ring (bicyclic) bond motifs is 1. The molecule has 2 aromatic carbocycles. The molecule has 0 saturated heterocycles. The number of likely N-dealkylation sites (N-methyl/N-ethyl adjacent to an activating group) is 1. The number of carbonyl (C=O) groups is 1. The normalized spacial score (nSPS) is 13.9. The van der Waals surface area contributed by atoms with Crippen LogP contribution in [0.1, 0.15) is 5.56 Å². The van der Waals surface area contributed by atoms with Gasteiger partial charge in [0.15, 0.2) is 0 Å². The topological polar surface area (TPSA) is 23.6 Å². The highest BCUT2D eigenvalue weighted by molar-refractivity contribution is 8.08. The number of halogens is 1. The number of nitrogens with zero attached hydrogens (tertiary/aromatic N) is 2. The maximum atomic E-state index is 12.8. The summed E-state index contributed by atoms with van der Waals surface area (Å²) >= 11 is 1.66. The number of rotatable bonds is 4.